The Bertz CT molecular complexity index is 500. The number of carboxylic acids is 1. The molecule has 2 N–H and O–H groups in total. The molecular formula is C16H22ClNO3. The first-order valence-electron chi connectivity index (χ1n) is 7.02. The van der Waals surface area contributed by atoms with E-state index < -0.39 is 5.97 Å². The molecule has 0 aliphatic carbocycles. The van der Waals surface area contributed by atoms with Crippen LogP contribution in [0.5, 0.6) is 0 Å². The number of carboxylic acid groups (broad SMARTS) is 1. The predicted molar refractivity (Wildman–Crippen MR) is 83.4 cm³/mol. The van der Waals surface area contributed by atoms with Gasteiger partial charge in [0.25, 0.3) is 0 Å². The quantitative estimate of drug-likeness (QED) is 0.774. The fourth-order valence-electron chi connectivity index (χ4n) is 1.99. The zero-order valence-corrected chi connectivity index (χ0v) is 13.2. The summed E-state index contributed by atoms with van der Waals surface area (Å²) in [6.45, 7) is 4.56. The van der Waals surface area contributed by atoms with Gasteiger partial charge in [-0.25, -0.2) is 0 Å². The van der Waals surface area contributed by atoms with E-state index in [0.717, 1.165) is 12.0 Å². The summed E-state index contributed by atoms with van der Waals surface area (Å²) in [5, 5.41) is 12.1. The minimum Gasteiger partial charge on any atom is -0.481 e. The molecule has 0 aliphatic heterocycles. The van der Waals surface area contributed by atoms with Gasteiger partial charge in [-0.2, -0.15) is 0 Å². The van der Waals surface area contributed by atoms with E-state index in [-0.39, 0.29) is 24.2 Å². The van der Waals surface area contributed by atoms with Crippen LogP contribution in [0.3, 0.4) is 0 Å². The monoisotopic (exact) mass is 311 g/mol. The summed E-state index contributed by atoms with van der Waals surface area (Å²) in [5.74, 6) is -0.858. The molecule has 0 aromatic heterocycles. The van der Waals surface area contributed by atoms with Crippen LogP contribution < -0.4 is 5.32 Å². The summed E-state index contributed by atoms with van der Waals surface area (Å²) < 4.78 is 0. The largest absolute Gasteiger partial charge is 0.481 e. The first-order chi connectivity index (χ1) is 9.80. The van der Waals surface area contributed by atoms with Crippen molar-refractivity contribution in [1.29, 1.82) is 0 Å². The van der Waals surface area contributed by atoms with Crippen molar-refractivity contribution in [1.82, 2.24) is 5.32 Å². The molecule has 4 nitrogen and oxygen atoms in total. The summed E-state index contributed by atoms with van der Waals surface area (Å²) in [6, 6.07) is 7.27. The minimum absolute atomic E-state index is 0.0721. The Labute approximate surface area is 130 Å². The number of nitrogens with one attached hydrogen (secondary N) is 1. The molecule has 0 spiro atoms. The van der Waals surface area contributed by atoms with Crippen LogP contribution in [0, 0.1) is 5.41 Å². The van der Waals surface area contributed by atoms with Crippen LogP contribution in [0.1, 0.15) is 38.7 Å². The third-order valence-electron chi connectivity index (χ3n) is 3.45. The number of hydrogen-bond acceptors (Lipinski definition) is 2. The smallest absolute Gasteiger partial charge is 0.303 e. The molecule has 0 fully saturated rings. The van der Waals surface area contributed by atoms with E-state index in [1.807, 2.05) is 32.0 Å². The Morgan fingerprint density at radius 1 is 1.24 bits per heavy atom. The third-order valence-corrected chi connectivity index (χ3v) is 3.82. The van der Waals surface area contributed by atoms with Crippen LogP contribution in [-0.4, -0.2) is 23.5 Å². The Morgan fingerprint density at radius 3 is 2.52 bits per heavy atom. The molecule has 1 rings (SSSR count). The zero-order chi connectivity index (χ0) is 15.9. The molecule has 0 saturated carbocycles. The number of hydrogen-bond donors (Lipinski definition) is 2. The molecule has 1 aromatic carbocycles. The molecule has 21 heavy (non-hydrogen) atoms. The van der Waals surface area contributed by atoms with Gasteiger partial charge in [-0.05, 0) is 29.9 Å². The van der Waals surface area contributed by atoms with Crippen LogP contribution in [0.25, 0.3) is 0 Å². The van der Waals surface area contributed by atoms with Crippen molar-refractivity contribution in [2.45, 2.75) is 39.5 Å². The number of aliphatic carboxylic acids is 1. The van der Waals surface area contributed by atoms with Gasteiger partial charge in [-0.15, -0.1) is 0 Å². The van der Waals surface area contributed by atoms with Gasteiger partial charge in [0.1, 0.15) is 0 Å². The lowest BCUT2D eigenvalue weighted by Crippen LogP contribution is -2.29. The van der Waals surface area contributed by atoms with Crippen LogP contribution in [0.15, 0.2) is 24.3 Å². The minimum atomic E-state index is -0.786. The highest BCUT2D eigenvalue weighted by atomic mass is 35.5. The number of carbonyl (C=O) groups excluding carboxylic acids is 1. The summed E-state index contributed by atoms with van der Waals surface area (Å²) in [5.41, 5.74) is 0.706. The SMILES string of the molecule is CC(C)(CCNC(=O)Cc1ccccc1Cl)CCC(=O)O. The van der Waals surface area contributed by atoms with Gasteiger partial charge >= 0.3 is 5.97 Å². The van der Waals surface area contributed by atoms with Crippen molar-refractivity contribution < 1.29 is 14.7 Å². The summed E-state index contributed by atoms with van der Waals surface area (Å²) in [7, 11) is 0. The number of halogens is 1. The van der Waals surface area contributed by atoms with E-state index in [0.29, 0.717) is 18.0 Å². The van der Waals surface area contributed by atoms with Gasteiger partial charge in [0.2, 0.25) is 5.91 Å². The van der Waals surface area contributed by atoms with Crippen LogP contribution in [0.2, 0.25) is 5.02 Å². The van der Waals surface area contributed by atoms with E-state index in [2.05, 4.69) is 5.32 Å². The maximum atomic E-state index is 11.9. The lowest BCUT2D eigenvalue weighted by Gasteiger charge is -2.23. The molecule has 1 aromatic rings. The Balaban J connectivity index is 2.33. The molecule has 0 heterocycles. The van der Waals surface area contributed by atoms with Crippen molar-refractivity contribution in [2.24, 2.45) is 5.41 Å². The Kier molecular flexibility index (Phi) is 6.69. The number of carbonyl (C=O) groups is 2. The predicted octanol–water partition coefficient (Wildman–Crippen LogP) is 3.28. The molecule has 5 heteroatoms. The van der Waals surface area contributed by atoms with E-state index in [1.54, 1.807) is 6.07 Å². The van der Waals surface area contributed by atoms with E-state index in [4.69, 9.17) is 16.7 Å². The van der Waals surface area contributed by atoms with E-state index in [9.17, 15) is 9.59 Å². The summed E-state index contributed by atoms with van der Waals surface area (Å²) in [6.07, 6.45) is 1.76. The van der Waals surface area contributed by atoms with Crippen molar-refractivity contribution >= 4 is 23.5 Å². The van der Waals surface area contributed by atoms with E-state index >= 15 is 0 Å². The normalized spacial score (nSPS) is 11.2. The fraction of sp³-hybridized carbons (Fsp3) is 0.500. The third kappa shape index (κ3) is 7.14. The maximum Gasteiger partial charge on any atom is 0.303 e. The molecule has 0 saturated heterocycles. The van der Waals surface area contributed by atoms with Crippen LogP contribution in [-0.2, 0) is 16.0 Å². The molecule has 0 aliphatic rings. The van der Waals surface area contributed by atoms with Crippen molar-refractivity contribution in [2.75, 3.05) is 6.54 Å². The topological polar surface area (TPSA) is 66.4 Å². The highest BCUT2D eigenvalue weighted by Gasteiger charge is 2.19. The average molecular weight is 312 g/mol. The van der Waals surface area contributed by atoms with Gasteiger partial charge in [-0.3, -0.25) is 9.59 Å². The standard InChI is InChI=1S/C16H22ClNO3/c1-16(2,8-7-15(20)21)9-10-18-14(19)11-12-5-3-4-6-13(12)17/h3-6H,7-11H2,1-2H3,(H,18,19)(H,20,21). The van der Waals surface area contributed by atoms with Gasteiger partial charge in [0, 0.05) is 18.0 Å². The van der Waals surface area contributed by atoms with Crippen LogP contribution in [0.4, 0.5) is 0 Å². The van der Waals surface area contributed by atoms with Gasteiger partial charge < -0.3 is 10.4 Å². The Morgan fingerprint density at radius 2 is 1.90 bits per heavy atom. The lowest BCUT2D eigenvalue weighted by atomic mass is 9.84. The second-order valence-corrected chi connectivity index (χ2v) is 6.33. The van der Waals surface area contributed by atoms with Crippen molar-refractivity contribution in [3.05, 3.63) is 34.9 Å². The number of rotatable bonds is 8. The Hall–Kier alpha value is -1.55. The summed E-state index contributed by atoms with van der Waals surface area (Å²) >= 11 is 6.01. The molecule has 0 atom stereocenters. The molecule has 116 valence electrons. The lowest BCUT2D eigenvalue weighted by molar-refractivity contribution is -0.137. The molecule has 0 radical (unpaired) electrons. The molecule has 0 bridgehead atoms. The molecule has 0 unspecified atom stereocenters. The van der Waals surface area contributed by atoms with Gasteiger partial charge in [0.05, 0.1) is 6.42 Å². The number of amides is 1. The van der Waals surface area contributed by atoms with Gasteiger partial charge in [-0.1, -0.05) is 43.6 Å². The average Bonchev–Trinajstić information content (AvgIpc) is 2.39. The fourth-order valence-corrected chi connectivity index (χ4v) is 2.19. The highest BCUT2D eigenvalue weighted by Crippen LogP contribution is 2.26. The number of benzene rings is 1. The highest BCUT2D eigenvalue weighted by molar-refractivity contribution is 6.31. The second kappa shape index (κ2) is 8.03. The molecular weight excluding hydrogens is 290 g/mol. The van der Waals surface area contributed by atoms with Crippen molar-refractivity contribution in [3.8, 4) is 0 Å². The van der Waals surface area contributed by atoms with Crippen LogP contribution >= 0.6 is 11.6 Å². The maximum absolute atomic E-state index is 11.9. The van der Waals surface area contributed by atoms with Gasteiger partial charge in [0.15, 0.2) is 0 Å². The first kappa shape index (κ1) is 17.5. The van der Waals surface area contributed by atoms with E-state index in [1.165, 1.54) is 0 Å². The van der Waals surface area contributed by atoms with Crippen molar-refractivity contribution in [3.63, 3.8) is 0 Å². The second-order valence-electron chi connectivity index (χ2n) is 5.93. The summed E-state index contributed by atoms with van der Waals surface area (Å²) in [4.78, 5) is 22.4. The zero-order valence-electron chi connectivity index (χ0n) is 12.5. The first-order valence-corrected chi connectivity index (χ1v) is 7.40. The molecule has 1 amide bonds.